The number of carbonyl (C=O) groups is 1. The summed E-state index contributed by atoms with van der Waals surface area (Å²) in [5.74, 6) is -0.118. The number of nitrogens with zero attached hydrogens (tertiary/aromatic N) is 2. The van der Waals surface area contributed by atoms with Gasteiger partial charge in [0.1, 0.15) is 4.88 Å². The highest BCUT2D eigenvalue weighted by atomic mass is 32.1. The summed E-state index contributed by atoms with van der Waals surface area (Å²) in [6.45, 7) is 1.96. The van der Waals surface area contributed by atoms with E-state index in [0.717, 1.165) is 38.7 Å². The van der Waals surface area contributed by atoms with Crippen molar-refractivity contribution in [3.63, 3.8) is 0 Å². The van der Waals surface area contributed by atoms with E-state index in [1.54, 1.807) is 0 Å². The Hall–Kier alpha value is -3.70. The Morgan fingerprint density at radius 3 is 2.20 bits per heavy atom. The maximum absolute atomic E-state index is 13.1. The first-order valence-electron chi connectivity index (χ1n) is 9.70. The molecule has 0 saturated carbocycles. The number of benzene rings is 3. The van der Waals surface area contributed by atoms with Crippen molar-refractivity contribution in [2.75, 3.05) is 5.32 Å². The van der Waals surface area contributed by atoms with Crippen LogP contribution < -0.4 is 5.32 Å². The SMILES string of the molecule is Cc1c(C(=O)Nc2ccccc2-c2ccccc2)sc2nc(-c3ccccc3)cn12. The van der Waals surface area contributed by atoms with Crippen LogP contribution in [0.1, 0.15) is 15.4 Å². The molecule has 2 aromatic heterocycles. The number of rotatable bonds is 4. The molecule has 30 heavy (non-hydrogen) atoms. The minimum Gasteiger partial charge on any atom is -0.321 e. The van der Waals surface area contributed by atoms with Crippen LogP contribution in [0, 0.1) is 6.92 Å². The fraction of sp³-hybridized carbons (Fsp3) is 0.0400. The van der Waals surface area contributed by atoms with Crippen LogP contribution in [0.15, 0.2) is 91.1 Å². The molecule has 1 N–H and O–H groups in total. The molecular weight excluding hydrogens is 390 g/mol. The lowest BCUT2D eigenvalue weighted by molar-refractivity contribution is 0.102. The Bertz CT molecular complexity index is 1340. The number of hydrogen-bond acceptors (Lipinski definition) is 3. The average Bonchev–Trinajstić information content (AvgIpc) is 3.35. The number of anilines is 1. The number of thiazole rings is 1. The van der Waals surface area contributed by atoms with Crippen molar-refractivity contribution in [2.45, 2.75) is 6.92 Å². The molecule has 1 amide bonds. The van der Waals surface area contributed by atoms with Gasteiger partial charge in [-0.1, -0.05) is 90.2 Å². The van der Waals surface area contributed by atoms with E-state index in [1.807, 2.05) is 102 Å². The van der Waals surface area contributed by atoms with Gasteiger partial charge in [0.25, 0.3) is 5.91 Å². The summed E-state index contributed by atoms with van der Waals surface area (Å²) >= 11 is 1.41. The number of aryl methyl sites for hydroxylation is 1. The molecule has 0 aliphatic heterocycles. The molecule has 0 spiro atoms. The first-order chi connectivity index (χ1) is 14.7. The number of para-hydroxylation sites is 1. The van der Waals surface area contributed by atoms with Crippen molar-refractivity contribution in [2.24, 2.45) is 0 Å². The fourth-order valence-corrected chi connectivity index (χ4v) is 4.55. The van der Waals surface area contributed by atoms with E-state index in [0.29, 0.717) is 4.88 Å². The maximum atomic E-state index is 13.1. The van der Waals surface area contributed by atoms with Gasteiger partial charge in [-0.25, -0.2) is 4.98 Å². The number of aromatic nitrogens is 2. The van der Waals surface area contributed by atoms with E-state index in [4.69, 9.17) is 4.98 Å². The molecular formula is C25H19N3OS. The van der Waals surface area contributed by atoms with Gasteiger partial charge in [0, 0.05) is 28.7 Å². The highest BCUT2D eigenvalue weighted by molar-refractivity contribution is 7.19. The van der Waals surface area contributed by atoms with Crippen molar-refractivity contribution >= 4 is 27.9 Å². The standard InChI is InChI=1S/C25H19N3OS/c1-17-23(30-25-27-22(16-28(17)25)19-12-6-3-7-13-19)24(29)26-21-15-9-8-14-20(21)18-10-4-2-5-11-18/h2-16H,1H3,(H,26,29). The zero-order valence-electron chi connectivity index (χ0n) is 16.4. The number of fused-ring (bicyclic) bond motifs is 1. The van der Waals surface area contributed by atoms with Gasteiger partial charge in [-0.15, -0.1) is 0 Å². The van der Waals surface area contributed by atoms with Crippen molar-refractivity contribution in [3.05, 3.63) is 102 Å². The summed E-state index contributed by atoms with van der Waals surface area (Å²) < 4.78 is 1.99. The lowest BCUT2D eigenvalue weighted by Gasteiger charge is -2.11. The first-order valence-corrected chi connectivity index (χ1v) is 10.5. The molecule has 146 valence electrons. The second-order valence-electron chi connectivity index (χ2n) is 7.03. The second-order valence-corrected chi connectivity index (χ2v) is 8.00. The molecule has 2 heterocycles. The number of hydrogen-bond donors (Lipinski definition) is 1. The number of amides is 1. The van der Waals surface area contributed by atoms with Gasteiger partial charge in [-0.2, -0.15) is 0 Å². The Labute approximate surface area is 178 Å². The van der Waals surface area contributed by atoms with Crippen molar-refractivity contribution < 1.29 is 4.79 Å². The van der Waals surface area contributed by atoms with Gasteiger partial charge in [-0.3, -0.25) is 9.20 Å². The summed E-state index contributed by atoms with van der Waals surface area (Å²) in [7, 11) is 0. The van der Waals surface area contributed by atoms with Crippen LogP contribution in [0.2, 0.25) is 0 Å². The van der Waals surface area contributed by atoms with Crippen LogP contribution in [-0.4, -0.2) is 15.3 Å². The van der Waals surface area contributed by atoms with Gasteiger partial charge < -0.3 is 5.32 Å². The highest BCUT2D eigenvalue weighted by Gasteiger charge is 2.19. The van der Waals surface area contributed by atoms with Gasteiger partial charge in [0.15, 0.2) is 4.96 Å². The molecule has 5 rings (SSSR count). The molecule has 5 heteroatoms. The second kappa shape index (κ2) is 7.61. The summed E-state index contributed by atoms with van der Waals surface area (Å²) in [5, 5.41) is 3.09. The fourth-order valence-electron chi connectivity index (χ4n) is 3.55. The zero-order chi connectivity index (χ0) is 20.5. The number of carbonyl (C=O) groups excluding carboxylic acids is 1. The molecule has 0 saturated heterocycles. The zero-order valence-corrected chi connectivity index (χ0v) is 17.2. The Morgan fingerprint density at radius 1 is 0.867 bits per heavy atom. The van der Waals surface area contributed by atoms with Gasteiger partial charge in [-0.05, 0) is 18.6 Å². The van der Waals surface area contributed by atoms with Gasteiger partial charge in [0.2, 0.25) is 0 Å². The molecule has 0 radical (unpaired) electrons. The minimum atomic E-state index is -0.118. The third kappa shape index (κ3) is 3.29. The predicted molar refractivity (Wildman–Crippen MR) is 123 cm³/mol. The summed E-state index contributed by atoms with van der Waals surface area (Å²) in [4.78, 5) is 19.3. The molecule has 0 fully saturated rings. The molecule has 0 aliphatic carbocycles. The van der Waals surface area contributed by atoms with Crippen LogP contribution in [0.3, 0.4) is 0 Å². The van der Waals surface area contributed by atoms with E-state index < -0.39 is 0 Å². The lowest BCUT2D eigenvalue weighted by atomic mass is 10.0. The quantitative estimate of drug-likeness (QED) is 0.379. The normalized spacial score (nSPS) is 11.0. The maximum Gasteiger partial charge on any atom is 0.267 e. The van der Waals surface area contributed by atoms with Gasteiger partial charge >= 0.3 is 0 Å². The van der Waals surface area contributed by atoms with Crippen LogP contribution in [0.5, 0.6) is 0 Å². The number of nitrogens with one attached hydrogen (secondary N) is 1. The van der Waals surface area contributed by atoms with Crippen molar-refractivity contribution in [3.8, 4) is 22.4 Å². The molecule has 0 atom stereocenters. The van der Waals surface area contributed by atoms with E-state index >= 15 is 0 Å². The monoisotopic (exact) mass is 409 g/mol. The smallest absolute Gasteiger partial charge is 0.267 e. The number of imidazole rings is 1. The Balaban J connectivity index is 1.47. The minimum absolute atomic E-state index is 0.118. The van der Waals surface area contributed by atoms with E-state index in [-0.39, 0.29) is 5.91 Å². The van der Waals surface area contributed by atoms with Crippen LogP contribution in [0.4, 0.5) is 5.69 Å². The Kier molecular flexibility index (Phi) is 4.65. The predicted octanol–water partition coefficient (Wildman–Crippen LogP) is 6.29. The third-order valence-electron chi connectivity index (χ3n) is 5.09. The summed E-state index contributed by atoms with van der Waals surface area (Å²) in [5.41, 5.74) is 5.72. The van der Waals surface area contributed by atoms with Crippen LogP contribution in [0.25, 0.3) is 27.3 Å². The lowest BCUT2D eigenvalue weighted by Crippen LogP contribution is -2.12. The largest absolute Gasteiger partial charge is 0.321 e. The van der Waals surface area contributed by atoms with Crippen LogP contribution >= 0.6 is 11.3 Å². The van der Waals surface area contributed by atoms with E-state index in [1.165, 1.54) is 11.3 Å². The molecule has 5 aromatic rings. The van der Waals surface area contributed by atoms with E-state index in [2.05, 4.69) is 5.32 Å². The molecule has 0 unspecified atom stereocenters. The molecule has 0 aliphatic rings. The van der Waals surface area contributed by atoms with E-state index in [9.17, 15) is 4.79 Å². The molecule has 3 aromatic carbocycles. The van der Waals surface area contributed by atoms with Crippen molar-refractivity contribution in [1.82, 2.24) is 9.38 Å². The highest BCUT2D eigenvalue weighted by Crippen LogP contribution is 2.30. The van der Waals surface area contributed by atoms with Crippen LogP contribution in [-0.2, 0) is 0 Å². The average molecular weight is 410 g/mol. The first kappa shape index (κ1) is 18.3. The molecule has 0 bridgehead atoms. The van der Waals surface area contributed by atoms with Gasteiger partial charge in [0.05, 0.1) is 5.69 Å². The third-order valence-corrected chi connectivity index (χ3v) is 6.25. The van der Waals surface area contributed by atoms with Crippen molar-refractivity contribution in [1.29, 1.82) is 0 Å². The topological polar surface area (TPSA) is 46.4 Å². The summed E-state index contributed by atoms with van der Waals surface area (Å²) in [6, 6.07) is 28.0. The molecule has 4 nitrogen and oxygen atoms in total. The Morgan fingerprint density at radius 2 is 1.50 bits per heavy atom. The summed E-state index contributed by atoms with van der Waals surface area (Å²) in [6.07, 6.45) is 1.99.